The lowest BCUT2D eigenvalue weighted by Crippen LogP contribution is -2.51. The molecular formula is C28H36N8O2. The van der Waals surface area contributed by atoms with E-state index in [2.05, 4.69) is 54.6 Å². The van der Waals surface area contributed by atoms with E-state index in [0.717, 1.165) is 80.1 Å². The second-order valence-corrected chi connectivity index (χ2v) is 10.1. The molecule has 200 valence electrons. The maximum Gasteiger partial charge on any atom is 0.324 e. The number of likely N-dealkylation sites (tertiary alicyclic amines) is 1. The number of rotatable bonds is 11. The molecule has 0 atom stereocenters. The van der Waals surface area contributed by atoms with Gasteiger partial charge in [-0.05, 0) is 74.5 Å². The molecule has 2 aliphatic rings. The lowest BCUT2D eigenvalue weighted by Gasteiger charge is -2.40. The first-order chi connectivity index (χ1) is 18.5. The van der Waals surface area contributed by atoms with Crippen molar-refractivity contribution in [2.75, 3.05) is 48.8 Å². The van der Waals surface area contributed by atoms with Crippen molar-refractivity contribution in [1.29, 1.82) is 0 Å². The zero-order valence-electron chi connectivity index (χ0n) is 21.8. The molecular weight excluding hydrogens is 480 g/mol. The number of hydrogen-bond acceptors (Lipinski definition) is 9. The number of pyridine rings is 1. The number of benzene rings is 1. The van der Waals surface area contributed by atoms with Crippen LogP contribution in [0.3, 0.4) is 0 Å². The minimum absolute atomic E-state index is 0.375. The summed E-state index contributed by atoms with van der Waals surface area (Å²) in [6, 6.07) is 12.6. The number of carboxylic acid groups (broad SMARTS) is 1. The van der Waals surface area contributed by atoms with E-state index in [1.54, 1.807) is 18.6 Å². The van der Waals surface area contributed by atoms with Gasteiger partial charge in [-0.2, -0.15) is 0 Å². The molecule has 0 amide bonds. The van der Waals surface area contributed by atoms with Crippen LogP contribution >= 0.6 is 0 Å². The second-order valence-electron chi connectivity index (χ2n) is 10.1. The summed E-state index contributed by atoms with van der Waals surface area (Å²) in [5, 5.41) is 16.2. The Bertz CT molecular complexity index is 1240. The summed E-state index contributed by atoms with van der Waals surface area (Å²) >= 11 is 0. The number of carboxylic acids is 1. The summed E-state index contributed by atoms with van der Waals surface area (Å²) in [5.74, 6) is 0.667. The standard InChI is InChI=1S/C28H36N8O2/c1-35(23-7-14-36(15-8-23)28(9-10-28)26(37)38)24-5-2-4-22(17-24)34-25-16-20(6-13-30-25)21-18-32-27(33-19-21)31-12-3-11-29/h2,4-6,13,16-19,23H,3,7-12,14-15,29H2,1H3,(H,30,34)(H,37,38)(H,31,32,33). The molecule has 5 rings (SSSR count). The summed E-state index contributed by atoms with van der Waals surface area (Å²) in [6.07, 6.45) is 9.71. The molecule has 10 nitrogen and oxygen atoms in total. The van der Waals surface area contributed by atoms with Crippen molar-refractivity contribution >= 4 is 29.1 Å². The van der Waals surface area contributed by atoms with Crippen LogP contribution in [0.15, 0.2) is 55.0 Å². The van der Waals surface area contributed by atoms with Gasteiger partial charge in [-0.3, -0.25) is 9.69 Å². The summed E-state index contributed by atoms with van der Waals surface area (Å²) in [7, 11) is 2.12. The molecule has 0 radical (unpaired) electrons. The SMILES string of the molecule is CN(c1cccc(Nc2cc(-c3cnc(NCCCN)nc3)ccn2)c1)C1CCN(C2(C(=O)O)CC2)CC1. The molecule has 1 saturated heterocycles. The van der Waals surface area contributed by atoms with Crippen molar-refractivity contribution in [3.63, 3.8) is 0 Å². The van der Waals surface area contributed by atoms with Crippen LogP contribution < -0.4 is 21.3 Å². The Kier molecular flexibility index (Phi) is 7.71. The van der Waals surface area contributed by atoms with Gasteiger partial charge in [0.15, 0.2) is 0 Å². The highest BCUT2D eigenvalue weighted by Crippen LogP contribution is 2.43. The summed E-state index contributed by atoms with van der Waals surface area (Å²) < 4.78 is 0. The minimum atomic E-state index is -0.666. The average Bonchev–Trinajstić information content (AvgIpc) is 3.76. The Hall–Kier alpha value is -3.76. The van der Waals surface area contributed by atoms with Crippen LogP contribution in [0, 0.1) is 0 Å². The number of aromatic nitrogens is 3. The molecule has 0 unspecified atom stereocenters. The number of nitrogens with one attached hydrogen (secondary N) is 2. The van der Waals surface area contributed by atoms with Crippen LogP contribution in [-0.4, -0.2) is 75.7 Å². The van der Waals surface area contributed by atoms with Gasteiger partial charge >= 0.3 is 5.97 Å². The number of carbonyl (C=O) groups is 1. The van der Waals surface area contributed by atoms with Crippen molar-refractivity contribution in [2.24, 2.45) is 5.73 Å². The molecule has 2 fully saturated rings. The molecule has 2 aromatic heterocycles. The summed E-state index contributed by atoms with van der Waals surface area (Å²) in [5.41, 5.74) is 8.91. The summed E-state index contributed by atoms with van der Waals surface area (Å²) in [4.78, 5) is 29.5. The van der Waals surface area contributed by atoms with E-state index < -0.39 is 11.5 Å². The first-order valence-corrected chi connectivity index (χ1v) is 13.3. The van der Waals surface area contributed by atoms with Crippen LogP contribution in [0.2, 0.25) is 0 Å². The Morgan fingerprint density at radius 1 is 1.13 bits per heavy atom. The predicted octanol–water partition coefficient (Wildman–Crippen LogP) is 3.56. The number of nitrogens with zero attached hydrogens (tertiary/aromatic N) is 5. The van der Waals surface area contributed by atoms with Crippen LogP contribution in [0.1, 0.15) is 32.1 Å². The number of aliphatic carboxylic acids is 1. The monoisotopic (exact) mass is 516 g/mol. The molecule has 38 heavy (non-hydrogen) atoms. The largest absolute Gasteiger partial charge is 0.480 e. The topological polar surface area (TPSA) is 133 Å². The van der Waals surface area contributed by atoms with Crippen LogP contribution in [0.4, 0.5) is 23.1 Å². The molecule has 1 aromatic carbocycles. The number of nitrogens with two attached hydrogens (primary N) is 1. The van der Waals surface area contributed by atoms with Crippen molar-refractivity contribution in [3.8, 4) is 11.1 Å². The third-order valence-corrected chi connectivity index (χ3v) is 7.67. The Balaban J connectivity index is 1.21. The molecule has 10 heteroatoms. The number of anilines is 4. The van der Waals surface area contributed by atoms with Gasteiger partial charge in [0, 0.05) is 68.3 Å². The van der Waals surface area contributed by atoms with Gasteiger partial charge in [-0.1, -0.05) is 6.07 Å². The second kappa shape index (κ2) is 11.3. The molecule has 1 saturated carbocycles. The van der Waals surface area contributed by atoms with E-state index in [0.29, 0.717) is 18.5 Å². The van der Waals surface area contributed by atoms with Crippen molar-refractivity contribution in [1.82, 2.24) is 19.9 Å². The fourth-order valence-corrected chi connectivity index (χ4v) is 5.18. The maximum atomic E-state index is 11.7. The summed E-state index contributed by atoms with van der Waals surface area (Å²) in [6.45, 7) is 3.03. The Labute approximate surface area is 223 Å². The first kappa shape index (κ1) is 25.9. The molecule has 3 heterocycles. The predicted molar refractivity (Wildman–Crippen MR) is 150 cm³/mol. The fourth-order valence-electron chi connectivity index (χ4n) is 5.18. The van der Waals surface area contributed by atoms with Crippen LogP contribution in [-0.2, 0) is 4.79 Å². The van der Waals surface area contributed by atoms with Crippen molar-refractivity contribution in [3.05, 3.63) is 55.0 Å². The highest BCUT2D eigenvalue weighted by Gasteiger charge is 2.55. The highest BCUT2D eigenvalue weighted by atomic mass is 16.4. The van der Waals surface area contributed by atoms with E-state index in [9.17, 15) is 9.90 Å². The van der Waals surface area contributed by atoms with Crippen LogP contribution in [0.5, 0.6) is 0 Å². The minimum Gasteiger partial charge on any atom is -0.480 e. The molecule has 0 spiro atoms. The molecule has 1 aliphatic heterocycles. The van der Waals surface area contributed by atoms with Crippen molar-refractivity contribution in [2.45, 2.75) is 43.7 Å². The van der Waals surface area contributed by atoms with Crippen LogP contribution in [0.25, 0.3) is 11.1 Å². The van der Waals surface area contributed by atoms with E-state index in [4.69, 9.17) is 5.73 Å². The Morgan fingerprint density at radius 3 is 2.58 bits per heavy atom. The van der Waals surface area contributed by atoms with Gasteiger partial charge < -0.3 is 26.4 Å². The zero-order valence-corrected chi connectivity index (χ0v) is 21.8. The lowest BCUT2D eigenvalue weighted by molar-refractivity contribution is -0.145. The smallest absolute Gasteiger partial charge is 0.324 e. The van der Waals surface area contributed by atoms with Gasteiger partial charge in [0.25, 0.3) is 0 Å². The van der Waals surface area contributed by atoms with Gasteiger partial charge in [-0.15, -0.1) is 0 Å². The van der Waals surface area contributed by atoms with E-state index in [1.807, 2.05) is 24.3 Å². The molecule has 5 N–H and O–H groups in total. The average molecular weight is 517 g/mol. The van der Waals surface area contributed by atoms with E-state index in [1.165, 1.54) is 0 Å². The third kappa shape index (κ3) is 5.71. The van der Waals surface area contributed by atoms with Gasteiger partial charge in [0.1, 0.15) is 11.4 Å². The quantitative estimate of drug-likeness (QED) is 0.280. The number of piperidine rings is 1. The maximum absolute atomic E-state index is 11.7. The molecule has 0 bridgehead atoms. The van der Waals surface area contributed by atoms with Gasteiger partial charge in [-0.25, -0.2) is 15.0 Å². The van der Waals surface area contributed by atoms with Crippen molar-refractivity contribution < 1.29 is 9.90 Å². The zero-order chi connectivity index (χ0) is 26.5. The first-order valence-electron chi connectivity index (χ1n) is 13.3. The number of hydrogen-bond donors (Lipinski definition) is 4. The highest BCUT2D eigenvalue weighted by molar-refractivity contribution is 5.82. The molecule has 1 aliphatic carbocycles. The Morgan fingerprint density at radius 2 is 1.89 bits per heavy atom. The fraction of sp³-hybridized carbons (Fsp3) is 0.429. The normalized spacial score (nSPS) is 17.1. The molecule has 3 aromatic rings. The van der Waals surface area contributed by atoms with E-state index in [-0.39, 0.29) is 0 Å². The van der Waals surface area contributed by atoms with Gasteiger partial charge in [0.05, 0.1) is 0 Å². The van der Waals surface area contributed by atoms with E-state index >= 15 is 0 Å². The van der Waals surface area contributed by atoms with Gasteiger partial charge in [0.2, 0.25) is 5.95 Å². The third-order valence-electron chi connectivity index (χ3n) is 7.67. The lowest BCUT2D eigenvalue weighted by atomic mass is 10.0.